The van der Waals surface area contributed by atoms with Crippen LogP contribution >= 0.6 is 0 Å². The number of carboxylic acids is 1. The van der Waals surface area contributed by atoms with Crippen molar-refractivity contribution in [2.75, 3.05) is 39.3 Å². The van der Waals surface area contributed by atoms with Crippen molar-refractivity contribution >= 4 is 88.1 Å². The zero-order chi connectivity index (χ0) is 60.4. The highest BCUT2D eigenvalue weighted by Gasteiger charge is 2.34. The minimum absolute atomic E-state index is 0.000446. The third-order valence-corrected chi connectivity index (χ3v) is 11.9. The van der Waals surface area contributed by atoms with E-state index in [0.717, 1.165) is 10.9 Å². The van der Waals surface area contributed by atoms with E-state index in [9.17, 15) is 38.7 Å². The van der Waals surface area contributed by atoms with E-state index in [1.807, 2.05) is 6.07 Å². The maximum Gasteiger partial charge on any atom is 0.326 e. The van der Waals surface area contributed by atoms with Crippen molar-refractivity contribution in [1.29, 1.82) is 0 Å². The lowest BCUT2D eigenvalue weighted by molar-refractivity contribution is -0.142. The summed E-state index contributed by atoms with van der Waals surface area (Å²) in [6.45, 7) is 0.303. The standard InChI is InChI=1S/C47H84N26O8/c48-27(10-3-17-61-42(49)50)35(74)68-29(12-4-18-62-43(51)52)36(75)69-30(13-5-19-63-44(53)54)37(76)70-31(14-6-20-64-45(55)56)38(77)71-32(15-7-21-65-46(57)58)39(78)72-33(16-8-22-66-47(59)60)40(79)73-34(41(80)81)23-25-24-67-28-11-2-1-9-26(25)28/h1-2,9,11,24,27,29-34,67H,3-8,10,12-23,48H2,(H,68,74)(H,69,75)(H,70,76)(H,71,77)(H,72,78)(H,73,79)(H,80,81)(H4,49,50,61)(H4,51,52,62)(H4,53,54,63)(H4,55,56,64)(H4,57,58,65)(H4,59,60,66)/t27-,29-,30-,31-,32-,33-,34-/m0/s1. The van der Waals surface area contributed by atoms with E-state index in [0.29, 0.717) is 12.0 Å². The van der Waals surface area contributed by atoms with Gasteiger partial charge in [0.25, 0.3) is 0 Å². The molecule has 0 saturated heterocycles. The lowest BCUT2D eigenvalue weighted by Crippen LogP contribution is -2.60. The first-order valence-electron chi connectivity index (χ1n) is 26.1. The van der Waals surface area contributed by atoms with Gasteiger partial charge in [0.15, 0.2) is 35.8 Å². The monoisotopic (exact) mass is 1140 g/mol. The maximum absolute atomic E-state index is 14.5. The van der Waals surface area contributed by atoms with Gasteiger partial charge in [0.1, 0.15) is 36.3 Å². The number of nitrogens with two attached hydrogens (primary N) is 13. The molecular formula is C47H84N26O8. The van der Waals surface area contributed by atoms with Gasteiger partial charge in [0.05, 0.1) is 6.04 Å². The number of carbonyl (C=O) groups excluding carboxylic acids is 6. The Morgan fingerprint density at radius 2 is 0.679 bits per heavy atom. The number of aliphatic carboxylic acids is 1. The van der Waals surface area contributed by atoms with Crippen LogP contribution in [0.3, 0.4) is 0 Å². The SMILES string of the molecule is NC(N)=NCCC[C@H](NC(=O)[C@H](CCCN=C(N)N)NC(=O)[C@H](CCCN=C(N)N)NC(=O)[C@H](CCCN=C(N)N)NC(=O)[C@H](CCCN=C(N)N)NC(=O)[C@@H](N)CCCN=C(N)N)C(=O)N[C@@H](Cc1c[nH]c2ccccc12)C(=O)O. The lowest BCUT2D eigenvalue weighted by atomic mass is 10.0. The molecule has 1 aromatic heterocycles. The minimum atomic E-state index is -1.46. The Kier molecular flexibility index (Phi) is 30.7. The summed E-state index contributed by atoms with van der Waals surface area (Å²) in [6.07, 6.45) is 2.10. The molecule has 34 nitrogen and oxygen atoms in total. The first kappa shape index (κ1) is 67.7. The van der Waals surface area contributed by atoms with Crippen molar-refractivity contribution in [3.63, 3.8) is 0 Å². The number of guanidine groups is 6. The first-order chi connectivity index (χ1) is 38.4. The summed E-state index contributed by atoms with van der Waals surface area (Å²) in [5.41, 5.74) is 73.6. The number of aromatic amines is 1. The average molecular weight is 1140 g/mol. The molecule has 0 aliphatic heterocycles. The molecule has 0 spiro atoms. The number of nitrogens with one attached hydrogen (secondary N) is 7. The van der Waals surface area contributed by atoms with Crippen LogP contribution in [-0.2, 0) is 40.0 Å². The number of hydrogen-bond donors (Lipinski definition) is 21. The molecule has 6 amide bonds. The molecule has 2 aromatic rings. The number of hydrogen-bond acceptors (Lipinski definition) is 14. The second-order valence-electron chi connectivity index (χ2n) is 18.6. The molecule has 0 unspecified atom stereocenters. The predicted molar refractivity (Wildman–Crippen MR) is 309 cm³/mol. The van der Waals surface area contributed by atoms with Crippen LogP contribution < -0.4 is 106 Å². The van der Waals surface area contributed by atoms with Gasteiger partial charge in [-0.15, -0.1) is 0 Å². The normalized spacial score (nSPS) is 13.3. The molecule has 0 fully saturated rings. The van der Waals surface area contributed by atoms with Crippen molar-refractivity contribution in [1.82, 2.24) is 36.9 Å². The number of rotatable bonds is 39. The molecule has 0 radical (unpaired) electrons. The van der Waals surface area contributed by atoms with Gasteiger partial charge in [0, 0.05) is 62.8 Å². The Balaban J connectivity index is 2.56. The minimum Gasteiger partial charge on any atom is -0.480 e. The molecule has 450 valence electrons. The number of carboxylic acid groups (broad SMARTS) is 1. The number of nitrogens with zero attached hydrogens (tertiary/aromatic N) is 6. The molecule has 0 aliphatic rings. The number of aliphatic imine (C=N–C) groups is 6. The second kappa shape index (κ2) is 36.7. The first-order valence-corrected chi connectivity index (χ1v) is 26.1. The fraction of sp³-hybridized carbons (Fsp3) is 0.553. The summed E-state index contributed by atoms with van der Waals surface area (Å²) in [5, 5.41) is 26.8. The highest BCUT2D eigenvalue weighted by Crippen LogP contribution is 2.20. The molecule has 0 aliphatic carbocycles. The zero-order valence-electron chi connectivity index (χ0n) is 45.4. The summed E-state index contributed by atoms with van der Waals surface area (Å²) in [6, 6.07) is -2.35. The summed E-state index contributed by atoms with van der Waals surface area (Å²) >= 11 is 0. The molecule has 34 heteroatoms. The second-order valence-corrected chi connectivity index (χ2v) is 18.6. The van der Waals surface area contributed by atoms with Gasteiger partial charge in [-0.25, -0.2) is 4.79 Å². The topological polar surface area (TPSA) is 640 Å². The van der Waals surface area contributed by atoms with E-state index in [-0.39, 0.29) is 152 Å². The van der Waals surface area contributed by atoms with E-state index < -0.39 is 83.7 Å². The largest absolute Gasteiger partial charge is 0.480 e. The highest BCUT2D eigenvalue weighted by molar-refractivity contribution is 5.97. The van der Waals surface area contributed by atoms with Crippen molar-refractivity contribution in [3.05, 3.63) is 36.0 Å². The van der Waals surface area contributed by atoms with E-state index in [4.69, 9.17) is 74.5 Å². The molecule has 2 rings (SSSR count). The van der Waals surface area contributed by atoms with Crippen LogP contribution in [0, 0.1) is 0 Å². The zero-order valence-corrected chi connectivity index (χ0v) is 45.4. The molecule has 1 aromatic carbocycles. The smallest absolute Gasteiger partial charge is 0.326 e. The van der Waals surface area contributed by atoms with Gasteiger partial charge in [-0.1, -0.05) is 18.2 Å². The molecular weight excluding hydrogens is 1060 g/mol. The number of amides is 6. The Morgan fingerprint density at radius 3 is 0.975 bits per heavy atom. The summed E-state index contributed by atoms with van der Waals surface area (Å²) < 4.78 is 0. The number of aromatic nitrogens is 1. The number of H-pyrrole nitrogens is 1. The van der Waals surface area contributed by atoms with E-state index in [1.165, 1.54) is 0 Å². The van der Waals surface area contributed by atoms with E-state index in [2.05, 4.69) is 66.8 Å². The van der Waals surface area contributed by atoms with Gasteiger partial charge < -0.3 is 117 Å². The van der Waals surface area contributed by atoms with Gasteiger partial charge >= 0.3 is 5.97 Å². The van der Waals surface area contributed by atoms with Crippen LogP contribution in [0.15, 0.2) is 60.4 Å². The lowest BCUT2D eigenvalue weighted by Gasteiger charge is -2.28. The quantitative estimate of drug-likeness (QED) is 0.0168. The van der Waals surface area contributed by atoms with Crippen LogP contribution in [0.4, 0.5) is 0 Å². The number of carbonyl (C=O) groups is 7. The molecule has 34 N–H and O–H groups in total. The molecule has 81 heavy (non-hydrogen) atoms. The number of fused-ring (bicyclic) bond motifs is 1. The third-order valence-electron chi connectivity index (χ3n) is 11.9. The van der Waals surface area contributed by atoms with Crippen molar-refractivity contribution in [2.24, 2.45) is 104 Å². The summed E-state index contributed by atoms with van der Waals surface area (Å²) in [5.74, 6) is -7.75. The Bertz CT molecular complexity index is 2540. The maximum atomic E-state index is 14.5. The Labute approximate surface area is 468 Å². The van der Waals surface area contributed by atoms with Crippen LogP contribution in [0.1, 0.15) is 82.6 Å². The Morgan fingerprint density at radius 1 is 0.407 bits per heavy atom. The van der Waals surface area contributed by atoms with Crippen LogP contribution in [-0.4, -0.2) is 169 Å². The van der Waals surface area contributed by atoms with Crippen molar-refractivity contribution in [2.45, 2.75) is 126 Å². The van der Waals surface area contributed by atoms with Crippen molar-refractivity contribution < 1.29 is 38.7 Å². The van der Waals surface area contributed by atoms with Gasteiger partial charge in [0.2, 0.25) is 35.4 Å². The molecule has 0 bridgehead atoms. The molecule has 0 saturated carbocycles. The van der Waals surface area contributed by atoms with Crippen LogP contribution in [0.2, 0.25) is 0 Å². The highest BCUT2D eigenvalue weighted by atomic mass is 16.4. The Hall–Kier alpha value is -9.37. The van der Waals surface area contributed by atoms with Crippen LogP contribution in [0.5, 0.6) is 0 Å². The fourth-order valence-corrected chi connectivity index (χ4v) is 7.87. The summed E-state index contributed by atoms with van der Waals surface area (Å²) in [4.78, 5) is 124. The van der Waals surface area contributed by atoms with Gasteiger partial charge in [-0.2, -0.15) is 0 Å². The third kappa shape index (κ3) is 28.2. The summed E-state index contributed by atoms with van der Waals surface area (Å²) in [7, 11) is 0. The van der Waals surface area contributed by atoms with E-state index >= 15 is 0 Å². The van der Waals surface area contributed by atoms with Gasteiger partial charge in [-0.3, -0.25) is 58.7 Å². The van der Waals surface area contributed by atoms with Crippen molar-refractivity contribution in [3.8, 4) is 0 Å². The number of para-hydroxylation sites is 1. The van der Waals surface area contributed by atoms with Gasteiger partial charge in [-0.05, 0) is 88.7 Å². The number of benzene rings is 1. The predicted octanol–water partition coefficient (Wildman–Crippen LogP) is -7.65. The van der Waals surface area contributed by atoms with Crippen LogP contribution in [0.25, 0.3) is 10.9 Å². The average Bonchev–Trinajstić information content (AvgIpc) is 3.90. The van der Waals surface area contributed by atoms with E-state index in [1.54, 1.807) is 24.4 Å². The molecule has 1 heterocycles. The fourth-order valence-electron chi connectivity index (χ4n) is 7.87. The molecule has 7 atom stereocenters.